The zero-order valence-corrected chi connectivity index (χ0v) is 72.7. The molecule has 0 radical (unpaired) electrons. The van der Waals surface area contributed by atoms with Gasteiger partial charge in [0.05, 0.1) is 49.3 Å². The summed E-state index contributed by atoms with van der Waals surface area (Å²) >= 11 is 3.46. The van der Waals surface area contributed by atoms with E-state index in [1.807, 2.05) is 84.9 Å². The molecule has 1 aliphatic carbocycles. The van der Waals surface area contributed by atoms with Gasteiger partial charge in [-0.1, -0.05) is 376 Å². The predicted octanol–water partition coefficient (Wildman–Crippen LogP) is 32.8. The van der Waals surface area contributed by atoms with Crippen molar-refractivity contribution in [2.45, 2.75) is 5.41 Å². The summed E-state index contributed by atoms with van der Waals surface area (Å²) in [6, 6.07) is 161. The zero-order valence-electron chi connectivity index (χ0n) is 71.1. The summed E-state index contributed by atoms with van der Waals surface area (Å²) in [6.45, 7) is 0. The molecule has 0 fully saturated rings. The van der Waals surface area contributed by atoms with Crippen LogP contribution in [0.25, 0.3) is 220 Å². The van der Waals surface area contributed by atoms with Crippen LogP contribution in [0.1, 0.15) is 22.3 Å². The summed E-state index contributed by atoms with van der Waals surface area (Å²) in [4.78, 5) is 32.9. The first-order chi connectivity index (χ1) is 65.3. The van der Waals surface area contributed by atoms with Crippen LogP contribution >= 0.6 is 22.7 Å². The molecular formula is C121H76N6O3S2. The van der Waals surface area contributed by atoms with Crippen LogP contribution < -0.4 is 0 Å². The van der Waals surface area contributed by atoms with Gasteiger partial charge in [-0.05, 0) is 162 Å². The van der Waals surface area contributed by atoms with Crippen molar-refractivity contribution in [1.82, 2.24) is 29.9 Å². The Morgan fingerprint density at radius 3 is 1.00 bits per heavy atom. The molecule has 17 aromatic carbocycles. The summed E-state index contributed by atoms with van der Waals surface area (Å²) in [5.41, 5.74) is 29.5. The van der Waals surface area contributed by atoms with Crippen LogP contribution in [0.3, 0.4) is 0 Å². The van der Waals surface area contributed by atoms with Crippen molar-refractivity contribution in [2.24, 2.45) is 0 Å². The minimum absolute atomic E-state index is 0.484. The average molecular weight is 1730 g/mol. The molecule has 0 N–H and O–H groups in total. The number of thiophene rings is 2. The number of hydrogen-bond acceptors (Lipinski definition) is 11. The van der Waals surface area contributed by atoms with Gasteiger partial charge in [-0.2, -0.15) is 0 Å². The Morgan fingerprint density at radius 1 is 0.197 bits per heavy atom. The van der Waals surface area contributed by atoms with Crippen molar-refractivity contribution in [3.63, 3.8) is 0 Å². The number of aromatic nitrogens is 6. The van der Waals surface area contributed by atoms with Gasteiger partial charge in [0.2, 0.25) is 0 Å². The number of rotatable bonds is 14. The fraction of sp³-hybridized carbons (Fsp3) is 0.00826. The number of furan rings is 3. The summed E-state index contributed by atoms with van der Waals surface area (Å²) in [7, 11) is 0. The highest BCUT2D eigenvalue weighted by Gasteiger charge is 2.46. The van der Waals surface area contributed by atoms with Crippen molar-refractivity contribution in [3.05, 3.63) is 483 Å². The number of benzene rings is 17. The molecule has 132 heavy (non-hydrogen) atoms. The number of nitrogens with zero attached hydrogens (tertiary/aromatic N) is 6. The second-order valence-corrected chi connectivity index (χ2v) is 35.2. The van der Waals surface area contributed by atoms with Crippen LogP contribution in [0.4, 0.5) is 0 Å². The van der Waals surface area contributed by atoms with Gasteiger partial charge in [0.25, 0.3) is 0 Å². The standard InChI is InChI=1S/C49H32N2S.C36H22N2O2.C36H22N2OS/c1-4-14-33(15-5-1)34-24-26-35(27-25-34)44-32-45(51-48(50-44)47-31-37-16-10-13-23-46(37)52-47)36-28-29-41-40-21-11-12-22-42(40)49(43(41)30-36,38-17-6-2-7-18-38)39-19-8-3-9-20-39;1-2-9-23(10-3-1)24-17-19-25(20-18-24)30-22-31(38-36(37-30)34-21-26-11-4-6-15-32(26)39-34)29-14-8-13-28-27-12-5-7-16-33(27)40-35(28)29;1-2-9-23(10-3-1)24-17-19-25(20-18-24)30-22-31(38-36(37-30)34-21-26-11-4-7-16-33(26)40-34)29-14-8-13-28-27-12-5-6-15-32(27)39-35(28)29/h1-32H;2*1-22H. The molecular weight excluding hydrogens is 1650 g/mol. The van der Waals surface area contributed by atoms with Crippen molar-refractivity contribution < 1.29 is 13.3 Å². The topological polar surface area (TPSA) is 117 Å². The highest BCUT2D eigenvalue weighted by atomic mass is 32.1. The lowest BCUT2D eigenvalue weighted by Crippen LogP contribution is -2.28. The van der Waals surface area contributed by atoms with E-state index in [0.717, 1.165) is 144 Å². The van der Waals surface area contributed by atoms with Crippen molar-refractivity contribution in [2.75, 3.05) is 0 Å². The maximum absolute atomic E-state index is 6.38. The van der Waals surface area contributed by atoms with Crippen LogP contribution in [-0.2, 0) is 5.41 Å². The van der Waals surface area contributed by atoms with Gasteiger partial charge in [0.15, 0.2) is 23.2 Å². The summed E-state index contributed by atoms with van der Waals surface area (Å²) in [5.74, 6) is 2.61. The molecule has 0 spiro atoms. The fourth-order valence-electron chi connectivity index (χ4n) is 18.7. The zero-order chi connectivity index (χ0) is 87.4. The van der Waals surface area contributed by atoms with Gasteiger partial charge >= 0.3 is 0 Å². The molecule has 1 aliphatic rings. The minimum Gasteiger partial charge on any atom is -0.455 e. The maximum Gasteiger partial charge on any atom is 0.196 e. The molecule has 0 saturated heterocycles. The molecule has 0 bridgehead atoms. The third-order valence-corrected chi connectivity index (χ3v) is 27.3. The Kier molecular flexibility index (Phi) is 20.0. The molecule has 0 aliphatic heterocycles. The summed E-state index contributed by atoms with van der Waals surface area (Å²) in [6.07, 6.45) is 0. The normalized spacial score (nSPS) is 12.0. The molecule has 0 amide bonds. The molecule has 11 heteroatoms. The Balaban J connectivity index is 0.000000111. The van der Waals surface area contributed by atoms with Gasteiger partial charge in [0, 0.05) is 69.7 Å². The fourth-order valence-corrected chi connectivity index (χ4v) is 20.7. The van der Waals surface area contributed by atoms with E-state index in [0.29, 0.717) is 17.4 Å². The van der Waals surface area contributed by atoms with Crippen LogP contribution in [0, 0.1) is 0 Å². The van der Waals surface area contributed by atoms with Crippen molar-refractivity contribution in [3.8, 4) is 145 Å². The summed E-state index contributed by atoms with van der Waals surface area (Å²) in [5, 5.41) is 7.76. The van der Waals surface area contributed by atoms with Crippen LogP contribution in [-0.4, -0.2) is 29.9 Å². The third-order valence-electron chi connectivity index (χ3n) is 25.1. The SMILES string of the molecule is c1ccc(-c2ccc(-c3cc(-c4ccc5c(c4)C(c4ccccc4)(c4ccccc4)c4ccccc4-5)nc(-c4cc5ccccc5s4)n3)cc2)cc1.c1ccc(-c2ccc(-c3cc(-c4cccc5c4oc4ccccc45)nc(-c4cc5ccccc5o4)n3)cc2)cc1.c1ccc(-c2ccc(-c3cc(-c4cccc5c4oc4ccccc45)nc(-c4cc5ccccc5s4)n3)cc2)cc1. The maximum atomic E-state index is 6.38. The van der Waals surface area contributed by atoms with Crippen LogP contribution in [0.2, 0.25) is 0 Å². The lowest BCUT2D eigenvalue weighted by molar-refractivity contribution is 0.625. The van der Waals surface area contributed by atoms with E-state index in [4.69, 9.17) is 43.2 Å². The molecule has 9 nitrogen and oxygen atoms in total. The van der Waals surface area contributed by atoms with E-state index in [-0.39, 0.29) is 0 Å². The van der Waals surface area contributed by atoms with Crippen molar-refractivity contribution in [1.29, 1.82) is 0 Å². The van der Waals surface area contributed by atoms with Crippen LogP contribution in [0.5, 0.6) is 0 Å². The average Bonchev–Trinajstić information content (AvgIpc) is 1.53. The van der Waals surface area contributed by atoms with Gasteiger partial charge in [-0.3, -0.25) is 0 Å². The van der Waals surface area contributed by atoms with Gasteiger partial charge in [-0.25, -0.2) is 29.9 Å². The molecule has 0 saturated carbocycles. The monoisotopic (exact) mass is 1720 g/mol. The number of hydrogen-bond donors (Lipinski definition) is 0. The molecule has 0 atom stereocenters. The largest absolute Gasteiger partial charge is 0.455 e. The second-order valence-electron chi connectivity index (χ2n) is 33.0. The van der Waals surface area contributed by atoms with Gasteiger partial charge < -0.3 is 13.3 Å². The number of fused-ring (bicyclic) bond motifs is 12. The third kappa shape index (κ3) is 14.6. The molecule has 620 valence electrons. The van der Waals surface area contributed by atoms with Crippen molar-refractivity contribution >= 4 is 97.7 Å². The van der Waals surface area contributed by atoms with E-state index >= 15 is 0 Å². The molecule has 25 aromatic rings. The lowest BCUT2D eigenvalue weighted by Gasteiger charge is -2.34. The molecule has 26 rings (SSSR count). The Bertz CT molecular complexity index is 8180. The predicted molar refractivity (Wildman–Crippen MR) is 544 cm³/mol. The smallest absolute Gasteiger partial charge is 0.196 e. The Morgan fingerprint density at radius 2 is 0.530 bits per heavy atom. The van der Waals surface area contributed by atoms with E-state index in [2.05, 4.69) is 376 Å². The Labute approximate surface area is 769 Å². The minimum atomic E-state index is -0.484. The molecule has 8 heterocycles. The van der Waals surface area contributed by atoms with Gasteiger partial charge in [0.1, 0.15) is 27.9 Å². The lowest BCUT2D eigenvalue weighted by atomic mass is 9.67. The highest BCUT2D eigenvalue weighted by molar-refractivity contribution is 7.22. The van der Waals surface area contributed by atoms with Crippen LogP contribution in [0.15, 0.2) is 474 Å². The van der Waals surface area contributed by atoms with E-state index < -0.39 is 5.41 Å². The first kappa shape index (κ1) is 78.5. The Hall–Kier alpha value is -17.0. The van der Waals surface area contributed by atoms with E-state index in [1.165, 1.54) is 81.4 Å². The quantitative estimate of drug-likeness (QED) is 0.105. The van der Waals surface area contributed by atoms with E-state index in [9.17, 15) is 0 Å². The highest BCUT2D eigenvalue weighted by Crippen LogP contribution is 2.57. The second kappa shape index (κ2) is 33.7. The van der Waals surface area contributed by atoms with Gasteiger partial charge in [-0.15, -0.1) is 22.7 Å². The first-order valence-electron chi connectivity index (χ1n) is 44.1. The summed E-state index contributed by atoms with van der Waals surface area (Å²) < 4.78 is 21.4. The number of para-hydroxylation sites is 5. The van der Waals surface area contributed by atoms with E-state index in [1.54, 1.807) is 22.7 Å². The molecule has 8 aromatic heterocycles. The molecule has 0 unspecified atom stereocenters. The first-order valence-corrected chi connectivity index (χ1v) is 45.8.